The smallest absolute Gasteiger partial charge is 0.408 e. The van der Waals surface area contributed by atoms with Gasteiger partial charge in [-0.15, -0.1) is 0 Å². The van der Waals surface area contributed by atoms with Crippen molar-refractivity contribution in [1.29, 1.82) is 5.26 Å². The molecule has 1 aromatic carbocycles. The van der Waals surface area contributed by atoms with Crippen molar-refractivity contribution in [3.05, 3.63) is 35.9 Å². The van der Waals surface area contributed by atoms with E-state index in [0.717, 1.165) is 37.7 Å². The molecule has 4 bridgehead atoms. The molecular weight excluding hydrogens is 418 g/mol. The number of nitriles is 1. The zero-order chi connectivity index (χ0) is 23.9. The van der Waals surface area contributed by atoms with Crippen molar-refractivity contribution in [3.8, 4) is 6.07 Å². The first-order valence-corrected chi connectivity index (χ1v) is 12.0. The second kappa shape index (κ2) is 8.64. The van der Waals surface area contributed by atoms with E-state index >= 15 is 0 Å². The number of amides is 2. The van der Waals surface area contributed by atoms with E-state index in [-0.39, 0.29) is 5.91 Å². The van der Waals surface area contributed by atoms with Gasteiger partial charge in [-0.05, 0) is 76.7 Å². The lowest BCUT2D eigenvalue weighted by molar-refractivity contribution is -0.176. The van der Waals surface area contributed by atoms with E-state index in [1.807, 2.05) is 30.3 Å². The molecule has 2 unspecified atom stereocenters. The fraction of sp³-hybridized carbons (Fsp3) is 0.654. The lowest BCUT2D eigenvalue weighted by Crippen LogP contribution is -2.66. The van der Waals surface area contributed by atoms with Gasteiger partial charge in [-0.25, -0.2) is 4.79 Å². The first-order chi connectivity index (χ1) is 15.5. The van der Waals surface area contributed by atoms with Gasteiger partial charge in [0.1, 0.15) is 17.7 Å². The molecule has 7 heteroatoms. The minimum atomic E-state index is -0.864. The number of alkyl carbamates (subject to hydrolysis) is 1. The summed E-state index contributed by atoms with van der Waals surface area (Å²) in [6.07, 6.45) is 4.38. The van der Waals surface area contributed by atoms with E-state index in [9.17, 15) is 20.0 Å². The third kappa shape index (κ3) is 5.33. The Labute approximate surface area is 195 Å². The Kier molecular flexibility index (Phi) is 6.17. The molecule has 3 N–H and O–H groups in total. The summed E-state index contributed by atoms with van der Waals surface area (Å²) in [6, 6.07) is 10.1. The lowest BCUT2D eigenvalue weighted by atomic mass is 9.46. The van der Waals surface area contributed by atoms with Gasteiger partial charge in [-0.1, -0.05) is 30.3 Å². The summed E-state index contributed by atoms with van der Waals surface area (Å²) < 4.78 is 5.48. The maximum atomic E-state index is 13.6. The summed E-state index contributed by atoms with van der Waals surface area (Å²) in [6.45, 7) is 5.34. The van der Waals surface area contributed by atoms with Crippen molar-refractivity contribution >= 4 is 12.0 Å². The second-order valence-corrected chi connectivity index (χ2v) is 11.5. The number of nitrogens with one attached hydrogen (secondary N) is 2. The summed E-state index contributed by atoms with van der Waals surface area (Å²) in [5, 5.41) is 26.6. The molecule has 0 aliphatic heterocycles. The van der Waals surface area contributed by atoms with E-state index in [1.54, 1.807) is 20.8 Å². The highest BCUT2D eigenvalue weighted by Crippen LogP contribution is 2.62. The van der Waals surface area contributed by atoms with Gasteiger partial charge in [-0.2, -0.15) is 5.26 Å². The molecule has 4 fully saturated rings. The van der Waals surface area contributed by atoms with Gasteiger partial charge in [-0.3, -0.25) is 4.79 Å². The number of benzene rings is 1. The van der Waals surface area contributed by atoms with Crippen LogP contribution in [0.3, 0.4) is 0 Å². The molecule has 1 aromatic rings. The first kappa shape index (κ1) is 23.6. The van der Waals surface area contributed by atoms with E-state index in [0.29, 0.717) is 24.7 Å². The van der Waals surface area contributed by atoms with Crippen molar-refractivity contribution in [2.45, 2.75) is 89.0 Å². The number of hydrogen-bond donors (Lipinski definition) is 3. The Morgan fingerprint density at radius 1 is 1.15 bits per heavy atom. The van der Waals surface area contributed by atoms with E-state index in [1.165, 1.54) is 0 Å². The molecule has 4 aliphatic carbocycles. The Morgan fingerprint density at radius 3 is 2.33 bits per heavy atom. The van der Waals surface area contributed by atoms with E-state index in [2.05, 4.69) is 16.7 Å². The van der Waals surface area contributed by atoms with Crippen LogP contribution >= 0.6 is 0 Å². The van der Waals surface area contributed by atoms with Gasteiger partial charge in [0, 0.05) is 11.8 Å². The van der Waals surface area contributed by atoms with Crippen molar-refractivity contribution in [2.24, 2.45) is 17.3 Å². The number of aliphatic hydroxyl groups is 1. The van der Waals surface area contributed by atoms with Gasteiger partial charge < -0.3 is 20.5 Å². The Morgan fingerprint density at radius 2 is 1.79 bits per heavy atom. The molecule has 0 spiro atoms. The molecule has 33 heavy (non-hydrogen) atoms. The number of hydrogen-bond acceptors (Lipinski definition) is 5. The molecule has 2 amide bonds. The topological polar surface area (TPSA) is 111 Å². The standard InChI is InChI=1S/C26H35N3O4/c1-24(2,3)33-23(31)29-21(22(30)28-20(15-27)10-17-7-5-4-6-8-17)25-11-18-9-19(12-25)14-26(32,13-18)16-25/h4-8,18-21,32H,9-14,16H2,1-3H3,(H,28,30)(H,29,31)/t18?,19?,20-,21-,25?,26?/m0/s1. The second-order valence-electron chi connectivity index (χ2n) is 11.5. The van der Waals surface area contributed by atoms with Gasteiger partial charge in [0.25, 0.3) is 0 Å². The Bertz CT molecular complexity index is 919. The molecule has 178 valence electrons. The highest BCUT2D eigenvalue weighted by Gasteiger charge is 2.61. The first-order valence-electron chi connectivity index (χ1n) is 12.0. The molecule has 0 heterocycles. The quantitative estimate of drug-likeness (QED) is 0.611. The minimum Gasteiger partial charge on any atom is -0.444 e. The van der Waals surface area contributed by atoms with Crippen LogP contribution < -0.4 is 10.6 Å². The molecule has 4 saturated carbocycles. The van der Waals surface area contributed by atoms with Crippen LogP contribution in [0, 0.1) is 28.6 Å². The maximum Gasteiger partial charge on any atom is 0.408 e. The lowest BCUT2D eigenvalue weighted by Gasteiger charge is -2.61. The molecule has 0 aromatic heterocycles. The monoisotopic (exact) mass is 453 g/mol. The Hall–Kier alpha value is -2.59. The summed E-state index contributed by atoms with van der Waals surface area (Å²) in [5.41, 5.74) is -1.07. The van der Waals surface area contributed by atoms with Crippen molar-refractivity contribution in [3.63, 3.8) is 0 Å². The average molecular weight is 454 g/mol. The van der Waals surface area contributed by atoms with Crippen LogP contribution in [0.2, 0.25) is 0 Å². The van der Waals surface area contributed by atoms with E-state index < -0.39 is 34.8 Å². The summed E-state index contributed by atoms with van der Waals surface area (Å²) >= 11 is 0. The third-order valence-corrected chi connectivity index (χ3v) is 7.37. The molecule has 0 radical (unpaired) electrons. The van der Waals surface area contributed by atoms with Gasteiger partial charge >= 0.3 is 6.09 Å². The normalized spacial score (nSPS) is 31.8. The van der Waals surface area contributed by atoms with E-state index in [4.69, 9.17) is 4.74 Å². The molecule has 4 atom stereocenters. The summed E-state index contributed by atoms with van der Waals surface area (Å²) in [4.78, 5) is 26.4. The minimum absolute atomic E-state index is 0.350. The molecular formula is C26H35N3O4. The third-order valence-electron chi connectivity index (χ3n) is 7.37. The molecule has 7 nitrogen and oxygen atoms in total. The summed E-state index contributed by atoms with van der Waals surface area (Å²) in [7, 11) is 0. The molecule has 5 rings (SSSR count). The van der Waals surface area contributed by atoms with Crippen molar-refractivity contribution in [2.75, 3.05) is 0 Å². The largest absolute Gasteiger partial charge is 0.444 e. The maximum absolute atomic E-state index is 13.6. The van der Waals surface area contributed by atoms with Gasteiger partial charge in [0.2, 0.25) is 5.91 Å². The average Bonchev–Trinajstić information content (AvgIpc) is 2.69. The van der Waals surface area contributed by atoms with Crippen LogP contribution in [0.4, 0.5) is 4.79 Å². The predicted molar refractivity (Wildman–Crippen MR) is 123 cm³/mol. The number of carbonyl (C=O) groups is 2. The number of rotatable bonds is 6. The highest BCUT2D eigenvalue weighted by molar-refractivity contribution is 5.87. The zero-order valence-corrected chi connectivity index (χ0v) is 19.8. The number of ether oxygens (including phenoxy) is 1. The van der Waals surface area contributed by atoms with Crippen LogP contribution in [0.15, 0.2) is 30.3 Å². The number of carbonyl (C=O) groups excluding carboxylic acids is 2. The fourth-order valence-corrected chi connectivity index (χ4v) is 6.78. The van der Waals surface area contributed by atoms with Gasteiger partial charge in [0.15, 0.2) is 0 Å². The SMILES string of the molecule is CC(C)(C)OC(=O)N[C@@H](C(=O)N[C@H](C#N)Cc1ccccc1)C12CC3CC(CC(O)(C3)C1)C2. The highest BCUT2D eigenvalue weighted by atomic mass is 16.6. The Balaban J connectivity index is 1.57. The zero-order valence-electron chi connectivity index (χ0n) is 19.8. The predicted octanol–water partition coefficient (Wildman–Crippen LogP) is 3.46. The summed E-state index contributed by atoms with van der Waals surface area (Å²) in [5.74, 6) is 0.319. The van der Waals surface area contributed by atoms with Crippen LogP contribution in [0.25, 0.3) is 0 Å². The number of nitrogens with zero attached hydrogens (tertiary/aromatic N) is 1. The van der Waals surface area contributed by atoms with Crippen LogP contribution in [-0.4, -0.2) is 40.4 Å². The van der Waals surface area contributed by atoms with Crippen molar-refractivity contribution in [1.82, 2.24) is 10.6 Å². The molecule has 0 saturated heterocycles. The van der Waals surface area contributed by atoms with Crippen LogP contribution in [-0.2, 0) is 16.0 Å². The van der Waals surface area contributed by atoms with Crippen LogP contribution in [0.1, 0.15) is 64.9 Å². The van der Waals surface area contributed by atoms with Crippen LogP contribution in [0.5, 0.6) is 0 Å². The fourth-order valence-electron chi connectivity index (χ4n) is 6.78. The van der Waals surface area contributed by atoms with Gasteiger partial charge in [0.05, 0.1) is 11.7 Å². The molecule has 4 aliphatic rings. The van der Waals surface area contributed by atoms with Crippen molar-refractivity contribution < 1.29 is 19.4 Å².